The summed E-state index contributed by atoms with van der Waals surface area (Å²) in [6.45, 7) is 0. The molecule has 27 heavy (non-hydrogen) atoms. The Balaban J connectivity index is 1.63. The third kappa shape index (κ3) is 3.29. The summed E-state index contributed by atoms with van der Waals surface area (Å²) in [5.74, 6) is -1.03. The number of rotatable bonds is 4. The zero-order valence-corrected chi connectivity index (χ0v) is 14.4. The summed E-state index contributed by atoms with van der Waals surface area (Å²) in [5, 5.41) is 3.09. The fraction of sp³-hybridized carbons (Fsp3) is 0.300. The second kappa shape index (κ2) is 6.72. The smallest absolute Gasteiger partial charge is 0.295 e. The number of aromatic nitrogens is 2. The number of hydrogen-bond acceptors (Lipinski definition) is 2. The minimum Gasteiger partial charge on any atom is -0.343 e. The van der Waals surface area contributed by atoms with Crippen molar-refractivity contribution in [2.75, 3.05) is 0 Å². The summed E-state index contributed by atoms with van der Waals surface area (Å²) in [5.41, 5.74) is 1.47. The first-order valence-electron chi connectivity index (χ1n) is 8.83. The maximum atomic E-state index is 13.3. The van der Waals surface area contributed by atoms with Crippen LogP contribution in [-0.4, -0.2) is 15.9 Å². The lowest BCUT2D eigenvalue weighted by atomic mass is 9.87. The van der Waals surface area contributed by atoms with E-state index in [0.29, 0.717) is 16.6 Å². The van der Waals surface area contributed by atoms with Gasteiger partial charge >= 0.3 is 0 Å². The van der Waals surface area contributed by atoms with Crippen molar-refractivity contribution >= 4 is 16.9 Å². The molecular formula is C20H18F3N3O. The molecule has 1 aliphatic carbocycles. The molecule has 0 bridgehead atoms. The Kier molecular flexibility index (Phi) is 4.37. The maximum Gasteiger partial charge on any atom is 0.295 e. The van der Waals surface area contributed by atoms with Crippen LogP contribution in [0.2, 0.25) is 0 Å². The highest BCUT2D eigenvalue weighted by Gasteiger charge is 2.37. The second-order valence-electron chi connectivity index (χ2n) is 6.90. The standard InChI is InChI=1S/C20H18F3N3O/c21-14-6-4-13(5-7-14)20(9-1-2-10-20)26-19(27)12-3-8-15-16(11-12)25-18(24-15)17(22)23/h3-8,11,17H,1-2,9-10H2,(H,24,25)(H,26,27). The average molecular weight is 373 g/mol. The number of nitrogens with zero attached hydrogens (tertiary/aromatic N) is 1. The largest absolute Gasteiger partial charge is 0.343 e. The minimum absolute atomic E-state index is 0.295. The number of alkyl halides is 2. The molecule has 7 heteroatoms. The van der Waals surface area contributed by atoms with Crippen molar-refractivity contribution in [3.05, 3.63) is 65.2 Å². The SMILES string of the molecule is O=C(NC1(c2ccc(F)cc2)CCCC1)c1ccc2nc(C(F)F)[nH]c2c1. The Morgan fingerprint density at radius 2 is 1.81 bits per heavy atom. The molecule has 0 atom stereocenters. The number of hydrogen-bond donors (Lipinski definition) is 2. The highest BCUT2D eigenvalue weighted by molar-refractivity contribution is 5.97. The zero-order chi connectivity index (χ0) is 19.0. The van der Waals surface area contributed by atoms with E-state index in [1.807, 2.05) is 0 Å². The van der Waals surface area contributed by atoms with Crippen molar-refractivity contribution in [2.45, 2.75) is 37.6 Å². The van der Waals surface area contributed by atoms with Crippen molar-refractivity contribution in [1.29, 1.82) is 0 Å². The quantitative estimate of drug-likeness (QED) is 0.688. The van der Waals surface area contributed by atoms with E-state index in [1.54, 1.807) is 24.3 Å². The van der Waals surface area contributed by atoms with Gasteiger partial charge in [-0.25, -0.2) is 18.2 Å². The third-order valence-electron chi connectivity index (χ3n) is 5.18. The van der Waals surface area contributed by atoms with E-state index in [9.17, 15) is 18.0 Å². The molecule has 4 rings (SSSR count). The molecule has 1 heterocycles. The number of aromatic amines is 1. The molecule has 1 amide bonds. The number of H-pyrrole nitrogens is 1. The van der Waals surface area contributed by atoms with Gasteiger partial charge in [-0.05, 0) is 48.7 Å². The van der Waals surface area contributed by atoms with E-state index in [1.165, 1.54) is 18.2 Å². The molecule has 1 saturated carbocycles. The van der Waals surface area contributed by atoms with Gasteiger partial charge in [0.15, 0.2) is 5.82 Å². The van der Waals surface area contributed by atoms with Crippen LogP contribution < -0.4 is 5.32 Å². The van der Waals surface area contributed by atoms with Crippen LogP contribution in [0.15, 0.2) is 42.5 Å². The number of imidazole rings is 1. The fourth-order valence-corrected chi connectivity index (χ4v) is 3.80. The summed E-state index contributed by atoms with van der Waals surface area (Å²) in [6, 6.07) is 10.8. The molecule has 140 valence electrons. The monoisotopic (exact) mass is 373 g/mol. The zero-order valence-electron chi connectivity index (χ0n) is 14.4. The highest BCUT2D eigenvalue weighted by Crippen LogP contribution is 2.39. The fourth-order valence-electron chi connectivity index (χ4n) is 3.80. The summed E-state index contributed by atoms with van der Waals surface area (Å²) < 4.78 is 38.9. The van der Waals surface area contributed by atoms with Gasteiger partial charge in [-0.1, -0.05) is 25.0 Å². The van der Waals surface area contributed by atoms with E-state index < -0.39 is 17.8 Å². The molecule has 0 unspecified atom stereocenters. The molecule has 3 aromatic rings. The van der Waals surface area contributed by atoms with Crippen LogP contribution in [0.4, 0.5) is 13.2 Å². The van der Waals surface area contributed by atoms with Gasteiger partial charge in [0, 0.05) is 5.56 Å². The maximum absolute atomic E-state index is 13.3. The first-order chi connectivity index (χ1) is 13.0. The van der Waals surface area contributed by atoms with Gasteiger partial charge in [0.25, 0.3) is 12.3 Å². The Morgan fingerprint density at radius 3 is 2.48 bits per heavy atom. The summed E-state index contributed by atoms with van der Waals surface area (Å²) in [6.07, 6.45) is 0.775. The number of amides is 1. The van der Waals surface area contributed by atoms with Crippen molar-refractivity contribution < 1.29 is 18.0 Å². The van der Waals surface area contributed by atoms with Crippen LogP contribution in [-0.2, 0) is 5.54 Å². The lowest BCUT2D eigenvalue weighted by Gasteiger charge is -2.31. The van der Waals surface area contributed by atoms with Crippen LogP contribution in [0.5, 0.6) is 0 Å². The molecule has 1 aromatic heterocycles. The molecule has 2 N–H and O–H groups in total. The molecule has 1 aliphatic rings. The van der Waals surface area contributed by atoms with E-state index in [0.717, 1.165) is 31.2 Å². The van der Waals surface area contributed by atoms with Crippen LogP contribution in [0.1, 0.15) is 53.9 Å². The first-order valence-corrected chi connectivity index (χ1v) is 8.83. The number of benzene rings is 2. The van der Waals surface area contributed by atoms with Crippen molar-refractivity contribution in [2.24, 2.45) is 0 Å². The Labute approximate surface area is 153 Å². The van der Waals surface area contributed by atoms with Gasteiger partial charge in [-0.15, -0.1) is 0 Å². The van der Waals surface area contributed by atoms with E-state index in [-0.39, 0.29) is 11.7 Å². The molecule has 1 fully saturated rings. The Morgan fingerprint density at radius 1 is 1.11 bits per heavy atom. The lowest BCUT2D eigenvalue weighted by Crippen LogP contribution is -2.43. The van der Waals surface area contributed by atoms with Gasteiger partial charge in [-0.3, -0.25) is 4.79 Å². The van der Waals surface area contributed by atoms with Crippen molar-refractivity contribution in [1.82, 2.24) is 15.3 Å². The van der Waals surface area contributed by atoms with E-state index >= 15 is 0 Å². The third-order valence-corrected chi connectivity index (χ3v) is 5.18. The topological polar surface area (TPSA) is 57.8 Å². The van der Waals surface area contributed by atoms with Crippen LogP contribution in [0.3, 0.4) is 0 Å². The molecular weight excluding hydrogens is 355 g/mol. The van der Waals surface area contributed by atoms with E-state index in [2.05, 4.69) is 15.3 Å². The number of fused-ring (bicyclic) bond motifs is 1. The second-order valence-corrected chi connectivity index (χ2v) is 6.90. The van der Waals surface area contributed by atoms with Crippen molar-refractivity contribution in [3.8, 4) is 0 Å². The number of nitrogens with one attached hydrogen (secondary N) is 2. The van der Waals surface area contributed by atoms with Crippen LogP contribution >= 0.6 is 0 Å². The summed E-state index contributed by atoms with van der Waals surface area (Å²) >= 11 is 0. The minimum atomic E-state index is -2.70. The first kappa shape index (κ1) is 17.6. The van der Waals surface area contributed by atoms with Gasteiger partial charge in [0.05, 0.1) is 16.6 Å². The number of carbonyl (C=O) groups is 1. The van der Waals surface area contributed by atoms with Crippen LogP contribution in [0, 0.1) is 5.82 Å². The predicted molar refractivity (Wildman–Crippen MR) is 95.1 cm³/mol. The molecule has 2 aromatic carbocycles. The molecule has 0 radical (unpaired) electrons. The average Bonchev–Trinajstić information content (AvgIpc) is 3.29. The van der Waals surface area contributed by atoms with Gasteiger partial charge in [0.1, 0.15) is 5.82 Å². The molecule has 0 spiro atoms. The van der Waals surface area contributed by atoms with Crippen molar-refractivity contribution in [3.63, 3.8) is 0 Å². The highest BCUT2D eigenvalue weighted by atomic mass is 19.3. The lowest BCUT2D eigenvalue weighted by molar-refractivity contribution is 0.0898. The van der Waals surface area contributed by atoms with Gasteiger partial charge in [-0.2, -0.15) is 0 Å². The Hall–Kier alpha value is -2.83. The molecule has 0 saturated heterocycles. The van der Waals surface area contributed by atoms with Gasteiger partial charge < -0.3 is 10.3 Å². The van der Waals surface area contributed by atoms with Crippen LogP contribution in [0.25, 0.3) is 11.0 Å². The predicted octanol–water partition coefficient (Wildman–Crippen LogP) is 4.84. The number of carbonyl (C=O) groups excluding carboxylic acids is 1. The van der Waals surface area contributed by atoms with Gasteiger partial charge in [0.2, 0.25) is 0 Å². The molecule has 4 nitrogen and oxygen atoms in total. The molecule has 0 aliphatic heterocycles. The summed E-state index contributed by atoms with van der Waals surface area (Å²) in [4.78, 5) is 19.2. The number of halogens is 3. The normalized spacial score (nSPS) is 16.1. The van der Waals surface area contributed by atoms with E-state index in [4.69, 9.17) is 0 Å². The summed E-state index contributed by atoms with van der Waals surface area (Å²) in [7, 11) is 0. The Bertz CT molecular complexity index is 976.